The molecule has 7 heteroatoms. The Morgan fingerprint density at radius 1 is 0.788 bits per heavy atom. The Morgan fingerprint density at radius 3 is 2.27 bits per heavy atom. The van der Waals surface area contributed by atoms with Crippen molar-refractivity contribution in [2.75, 3.05) is 0 Å². The second kappa shape index (κ2) is 9.42. The van der Waals surface area contributed by atoms with Crippen molar-refractivity contribution in [2.45, 2.75) is 31.4 Å². The zero-order valence-electron chi connectivity index (χ0n) is 18.5. The minimum atomic E-state index is 0.322. The molecule has 5 rings (SSSR count). The van der Waals surface area contributed by atoms with E-state index in [4.69, 9.17) is 14.7 Å². The van der Waals surface area contributed by atoms with Gasteiger partial charge in [0.05, 0.1) is 22.4 Å². The van der Waals surface area contributed by atoms with Gasteiger partial charge in [-0.2, -0.15) is 0 Å². The number of rotatable bonds is 7. The Morgan fingerprint density at radius 2 is 1.48 bits per heavy atom. The molecule has 3 aromatic carbocycles. The number of nitrogens with zero attached hydrogens (tertiary/aromatic N) is 5. The first kappa shape index (κ1) is 21.2. The fourth-order valence-electron chi connectivity index (χ4n) is 3.58. The normalized spacial score (nSPS) is 11.1. The van der Waals surface area contributed by atoms with Gasteiger partial charge in [0.15, 0.2) is 11.0 Å². The van der Waals surface area contributed by atoms with Crippen LogP contribution in [0, 0.1) is 13.8 Å². The molecule has 33 heavy (non-hydrogen) atoms. The topological polar surface area (TPSA) is 65.7 Å². The van der Waals surface area contributed by atoms with Crippen LogP contribution in [0.25, 0.3) is 16.7 Å². The Kier molecular flexibility index (Phi) is 6.04. The fraction of sp³-hybridized carbons (Fsp3) is 0.154. The van der Waals surface area contributed by atoms with Crippen LogP contribution in [-0.2, 0) is 12.4 Å². The molecular weight excluding hydrogens is 430 g/mol. The maximum Gasteiger partial charge on any atom is 0.196 e. The van der Waals surface area contributed by atoms with E-state index in [1.807, 2.05) is 97.3 Å². The van der Waals surface area contributed by atoms with E-state index in [9.17, 15) is 0 Å². The van der Waals surface area contributed by atoms with Crippen LogP contribution in [-0.4, -0.2) is 24.7 Å². The molecule has 6 nitrogen and oxygen atoms in total. The van der Waals surface area contributed by atoms with E-state index in [2.05, 4.69) is 10.2 Å². The number of ether oxygens (including phenoxy) is 1. The molecule has 0 fully saturated rings. The van der Waals surface area contributed by atoms with E-state index in [0.29, 0.717) is 12.4 Å². The van der Waals surface area contributed by atoms with E-state index in [1.54, 1.807) is 11.8 Å². The first-order valence-electron chi connectivity index (χ1n) is 10.7. The minimum absolute atomic E-state index is 0.322. The van der Waals surface area contributed by atoms with Crippen molar-refractivity contribution in [2.24, 2.45) is 0 Å². The molecule has 2 heterocycles. The number of aromatic nitrogens is 5. The van der Waals surface area contributed by atoms with Crippen molar-refractivity contribution in [3.05, 3.63) is 102 Å². The summed E-state index contributed by atoms with van der Waals surface area (Å²) in [5.74, 6) is 2.23. The summed E-state index contributed by atoms with van der Waals surface area (Å²) in [6.45, 7) is 4.35. The Balaban J connectivity index is 1.43. The Hall–Kier alpha value is -3.71. The summed E-state index contributed by atoms with van der Waals surface area (Å²) in [5.41, 5.74) is 5.76. The summed E-state index contributed by atoms with van der Waals surface area (Å²) in [5, 5.41) is 9.73. The largest absolute Gasteiger partial charge is 0.485 e. The third-order valence-electron chi connectivity index (χ3n) is 5.35. The van der Waals surface area contributed by atoms with Gasteiger partial charge < -0.3 is 4.74 Å². The molecule has 0 bridgehead atoms. The van der Waals surface area contributed by atoms with E-state index < -0.39 is 0 Å². The molecule has 0 radical (unpaired) electrons. The van der Waals surface area contributed by atoms with Gasteiger partial charge in [0.1, 0.15) is 12.4 Å². The quantitative estimate of drug-likeness (QED) is 0.295. The van der Waals surface area contributed by atoms with E-state index >= 15 is 0 Å². The van der Waals surface area contributed by atoms with Crippen LogP contribution < -0.4 is 4.74 Å². The zero-order valence-corrected chi connectivity index (χ0v) is 19.3. The number of para-hydroxylation sites is 4. The lowest BCUT2D eigenvalue weighted by Gasteiger charge is -2.12. The number of hydrogen-bond acceptors (Lipinski definition) is 6. The van der Waals surface area contributed by atoms with Gasteiger partial charge in [0, 0.05) is 11.4 Å². The molecule has 0 unspecified atom stereocenters. The van der Waals surface area contributed by atoms with Crippen LogP contribution in [0.15, 0.2) is 84.0 Å². The van der Waals surface area contributed by atoms with Crippen LogP contribution in [0.5, 0.6) is 5.75 Å². The average molecular weight is 454 g/mol. The highest BCUT2D eigenvalue weighted by molar-refractivity contribution is 7.98. The molecule has 0 atom stereocenters. The molecule has 0 saturated heterocycles. The van der Waals surface area contributed by atoms with Crippen molar-refractivity contribution in [1.82, 2.24) is 24.7 Å². The highest BCUT2D eigenvalue weighted by Gasteiger charge is 2.17. The highest BCUT2D eigenvalue weighted by atomic mass is 32.2. The maximum absolute atomic E-state index is 6.07. The molecule has 5 aromatic rings. The lowest BCUT2D eigenvalue weighted by Crippen LogP contribution is -2.07. The third-order valence-corrected chi connectivity index (χ3v) is 6.29. The molecule has 0 aliphatic carbocycles. The molecule has 0 amide bonds. The molecule has 0 N–H and O–H groups in total. The monoisotopic (exact) mass is 453 g/mol. The van der Waals surface area contributed by atoms with Gasteiger partial charge in [-0.3, -0.25) is 4.57 Å². The summed E-state index contributed by atoms with van der Waals surface area (Å²) >= 11 is 1.59. The van der Waals surface area contributed by atoms with Crippen LogP contribution in [0.2, 0.25) is 0 Å². The van der Waals surface area contributed by atoms with Crippen LogP contribution in [0.3, 0.4) is 0 Å². The van der Waals surface area contributed by atoms with Gasteiger partial charge in [0.25, 0.3) is 0 Å². The van der Waals surface area contributed by atoms with Crippen LogP contribution >= 0.6 is 11.8 Å². The fourth-order valence-corrected chi connectivity index (χ4v) is 4.56. The highest BCUT2D eigenvalue weighted by Crippen LogP contribution is 2.27. The molecule has 2 aromatic heterocycles. The van der Waals surface area contributed by atoms with E-state index in [1.165, 1.54) is 0 Å². The second-order valence-corrected chi connectivity index (χ2v) is 8.60. The number of aryl methyl sites for hydroxylation is 2. The summed E-state index contributed by atoms with van der Waals surface area (Å²) < 4.78 is 8.12. The first-order valence-corrected chi connectivity index (χ1v) is 11.7. The third kappa shape index (κ3) is 4.59. The predicted octanol–water partition coefficient (Wildman–Crippen LogP) is 5.70. The summed E-state index contributed by atoms with van der Waals surface area (Å²) in [6.07, 6.45) is 0. The lowest BCUT2D eigenvalue weighted by molar-refractivity contribution is 0.291. The SMILES string of the molecule is Cc1ccccc1OCc1nnc(SCc2nc3ccccc3nc2C)n1-c1ccccc1. The standard InChI is InChI=1S/C26H23N5OS/c1-18-10-6-9-15-24(18)32-16-25-29-30-26(31(25)20-11-4-3-5-12-20)33-17-23-19(2)27-21-13-7-8-14-22(21)28-23/h3-15H,16-17H2,1-2H3. The maximum atomic E-state index is 6.07. The summed E-state index contributed by atoms with van der Waals surface area (Å²) in [7, 11) is 0. The number of fused-ring (bicyclic) bond motifs is 1. The summed E-state index contributed by atoms with van der Waals surface area (Å²) in [6, 6.07) is 26.0. The number of hydrogen-bond donors (Lipinski definition) is 0. The van der Waals surface area contributed by atoms with Crippen molar-refractivity contribution >= 4 is 22.8 Å². The Bertz CT molecular complexity index is 1400. The molecular formula is C26H23N5OS. The van der Waals surface area contributed by atoms with Crippen molar-refractivity contribution in [1.29, 1.82) is 0 Å². The van der Waals surface area contributed by atoms with Gasteiger partial charge in [-0.1, -0.05) is 60.3 Å². The average Bonchev–Trinajstić information content (AvgIpc) is 3.25. The smallest absolute Gasteiger partial charge is 0.196 e. The number of benzene rings is 3. The predicted molar refractivity (Wildman–Crippen MR) is 131 cm³/mol. The second-order valence-electron chi connectivity index (χ2n) is 7.66. The molecule has 164 valence electrons. The van der Waals surface area contributed by atoms with E-state index in [0.717, 1.165) is 50.4 Å². The van der Waals surface area contributed by atoms with Gasteiger partial charge >= 0.3 is 0 Å². The van der Waals surface area contributed by atoms with Crippen molar-refractivity contribution in [3.63, 3.8) is 0 Å². The van der Waals surface area contributed by atoms with Crippen LogP contribution in [0.1, 0.15) is 22.8 Å². The van der Waals surface area contributed by atoms with Gasteiger partial charge in [-0.15, -0.1) is 10.2 Å². The number of thioether (sulfide) groups is 1. The van der Waals surface area contributed by atoms with Gasteiger partial charge in [-0.05, 0) is 49.7 Å². The molecule has 0 aliphatic rings. The summed E-state index contributed by atoms with van der Waals surface area (Å²) in [4.78, 5) is 9.53. The molecule has 0 saturated carbocycles. The van der Waals surface area contributed by atoms with Gasteiger partial charge in [0.2, 0.25) is 0 Å². The lowest BCUT2D eigenvalue weighted by atomic mass is 10.2. The zero-order chi connectivity index (χ0) is 22.6. The van der Waals surface area contributed by atoms with Gasteiger partial charge in [-0.25, -0.2) is 9.97 Å². The van der Waals surface area contributed by atoms with Crippen molar-refractivity contribution in [3.8, 4) is 11.4 Å². The first-order chi connectivity index (χ1) is 16.2. The minimum Gasteiger partial charge on any atom is -0.485 e. The molecule has 0 spiro atoms. The van der Waals surface area contributed by atoms with E-state index in [-0.39, 0.29) is 0 Å². The Labute approximate surface area is 196 Å². The van der Waals surface area contributed by atoms with Crippen LogP contribution in [0.4, 0.5) is 0 Å². The molecule has 0 aliphatic heterocycles. The van der Waals surface area contributed by atoms with Crippen molar-refractivity contribution < 1.29 is 4.74 Å².